The molecule has 6 heteroatoms. The highest BCUT2D eigenvalue weighted by Gasteiger charge is 2.44. The van der Waals surface area contributed by atoms with Crippen molar-refractivity contribution in [3.63, 3.8) is 0 Å². The normalized spacial score (nSPS) is 20.4. The van der Waals surface area contributed by atoms with Gasteiger partial charge in [0.05, 0.1) is 6.54 Å². The summed E-state index contributed by atoms with van der Waals surface area (Å²) in [5.41, 5.74) is 0.183. The fraction of sp³-hybridized carbons (Fsp3) is 0.333. The molecule has 142 valence electrons. The van der Waals surface area contributed by atoms with Crippen LogP contribution in [0.4, 0.5) is 0 Å². The Kier molecular flexibility index (Phi) is 5.46. The molecule has 0 aliphatic heterocycles. The van der Waals surface area contributed by atoms with Crippen molar-refractivity contribution in [1.82, 2.24) is 5.32 Å². The third kappa shape index (κ3) is 4.86. The average molecular weight is 369 g/mol. The number of aliphatic carboxylic acids is 1. The lowest BCUT2D eigenvalue weighted by atomic mass is 10.1. The van der Waals surface area contributed by atoms with Crippen molar-refractivity contribution in [3.8, 4) is 5.75 Å². The third-order valence-corrected chi connectivity index (χ3v) is 4.75. The molecule has 0 radical (unpaired) electrons. The van der Waals surface area contributed by atoms with Gasteiger partial charge >= 0.3 is 5.97 Å². The maximum absolute atomic E-state index is 12.1. The molecule has 2 aromatic rings. The second kappa shape index (κ2) is 7.80. The fourth-order valence-electron chi connectivity index (χ4n) is 2.87. The number of carbonyl (C=O) groups is 2. The van der Waals surface area contributed by atoms with Crippen LogP contribution in [0.15, 0.2) is 54.6 Å². The van der Waals surface area contributed by atoms with E-state index in [0.29, 0.717) is 13.0 Å². The van der Waals surface area contributed by atoms with Crippen molar-refractivity contribution >= 4 is 11.9 Å². The first kappa shape index (κ1) is 18.9. The molecule has 6 nitrogen and oxygen atoms in total. The van der Waals surface area contributed by atoms with Crippen molar-refractivity contribution in [3.05, 3.63) is 65.7 Å². The molecule has 0 heterocycles. The minimum atomic E-state index is -1.96. The number of carboxylic acid groups (broad SMARTS) is 1. The number of carbonyl (C=O) groups excluding carboxylic acids is 1. The van der Waals surface area contributed by atoms with Crippen LogP contribution in [-0.2, 0) is 16.2 Å². The van der Waals surface area contributed by atoms with Crippen molar-refractivity contribution in [1.29, 1.82) is 0 Å². The van der Waals surface area contributed by atoms with Crippen LogP contribution in [0.3, 0.4) is 0 Å². The summed E-state index contributed by atoms with van der Waals surface area (Å²) >= 11 is 0. The average Bonchev–Trinajstić information content (AvgIpc) is 3.46. The van der Waals surface area contributed by atoms with Gasteiger partial charge in [0, 0.05) is 5.92 Å². The lowest BCUT2D eigenvalue weighted by Gasteiger charge is -2.18. The first-order valence-corrected chi connectivity index (χ1v) is 8.87. The second-order valence-electron chi connectivity index (χ2n) is 7.09. The molecule has 27 heavy (non-hydrogen) atoms. The first-order valence-electron chi connectivity index (χ1n) is 8.87. The highest BCUT2D eigenvalue weighted by Crippen LogP contribution is 2.47. The van der Waals surface area contributed by atoms with Crippen LogP contribution in [0, 0.1) is 5.92 Å². The Labute approximate surface area is 157 Å². The Morgan fingerprint density at radius 1 is 1.15 bits per heavy atom. The fourth-order valence-corrected chi connectivity index (χ4v) is 2.87. The van der Waals surface area contributed by atoms with Crippen LogP contribution in [0.1, 0.15) is 30.4 Å². The third-order valence-electron chi connectivity index (χ3n) is 4.75. The second-order valence-corrected chi connectivity index (χ2v) is 7.09. The zero-order chi connectivity index (χ0) is 19.4. The Morgan fingerprint density at radius 2 is 1.81 bits per heavy atom. The molecule has 1 amide bonds. The van der Waals surface area contributed by atoms with E-state index in [-0.39, 0.29) is 24.3 Å². The summed E-state index contributed by atoms with van der Waals surface area (Å²) in [7, 11) is 0. The number of hydrogen-bond acceptors (Lipinski definition) is 4. The van der Waals surface area contributed by atoms with E-state index in [0.717, 1.165) is 23.8 Å². The molecule has 1 aliphatic rings. The van der Waals surface area contributed by atoms with Gasteiger partial charge in [0.25, 0.3) is 0 Å². The first-order chi connectivity index (χ1) is 12.9. The maximum atomic E-state index is 12.1. The summed E-state index contributed by atoms with van der Waals surface area (Å²) in [6, 6.07) is 17.6. The summed E-state index contributed by atoms with van der Waals surface area (Å²) in [4.78, 5) is 23.0. The molecule has 1 fully saturated rings. The zero-order valence-corrected chi connectivity index (χ0v) is 15.1. The molecule has 0 bridgehead atoms. The minimum Gasteiger partial charge on any atom is -0.489 e. The van der Waals surface area contributed by atoms with Crippen LogP contribution in [0.2, 0.25) is 0 Å². The summed E-state index contributed by atoms with van der Waals surface area (Å²) < 4.78 is 5.76. The largest absolute Gasteiger partial charge is 0.489 e. The van der Waals surface area contributed by atoms with E-state index in [1.807, 2.05) is 54.6 Å². The van der Waals surface area contributed by atoms with Crippen LogP contribution in [0.5, 0.6) is 5.75 Å². The highest BCUT2D eigenvalue weighted by atomic mass is 16.5. The Balaban J connectivity index is 1.49. The van der Waals surface area contributed by atoms with Gasteiger partial charge < -0.3 is 20.3 Å². The molecular formula is C21H23NO5. The molecule has 3 rings (SSSR count). The lowest BCUT2D eigenvalue weighted by molar-refractivity contribution is -0.156. The van der Waals surface area contributed by atoms with Gasteiger partial charge in [0.2, 0.25) is 5.91 Å². The van der Waals surface area contributed by atoms with E-state index >= 15 is 0 Å². The zero-order valence-electron chi connectivity index (χ0n) is 15.1. The van der Waals surface area contributed by atoms with Crippen LogP contribution in [-0.4, -0.2) is 34.2 Å². The SMILES string of the molecule is CC(O)(CNC(=O)C1CC1c1ccc(OCc2ccccc2)cc1)C(=O)O. The molecule has 3 unspecified atom stereocenters. The summed E-state index contributed by atoms with van der Waals surface area (Å²) in [5.74, 6) is -0.900. The minimum absolute atomic E-state index is 0.114. The van der Waals surface area contributed by atoms with Crippen molar-refractivity contribution < 1.29 is 24.5 Å². The van der Waals surface area contributed by atoms with E-state index in [1.54, 1.807) is 0 Å². The van der Waals surface area contributed by atoms with E-state index < -0.39 is 11.6 Å². The molecule has 2 aromatic carbocycles. The van der Waals surface area contributed by atoms with E-state index in [2.05, 4.69) is 5.32 Å². The smallest absolute Gasteiger partial charge is 0.337 e. The van der Waals surface area contributed by atoms with Gasteiger partial charge in [-0.05, 0) is 42.5 Å². The van der Waals surface area contributed by atoms with Crippen LogP contribution in [0.25, 0.3) is 0 Å². The van der Waals surface area contributed by atoms with Crippen molar-refractivity contribution in [2.45, 2.75) is 31.5 Å². The maximum Gasteiger partial charge on any atom is 0.337 e. The molecule has 1 saturated carbocycles. The highest BCUT2D eigenvalue weighted by molar-refractivity contribution is 5.84. The van der Waals surface area contributed by atoms with E-state index in [4.69, 9.17) is 9.84 Å². The van der Waals surface area contributed by atoms with Gasteiger partial charge in [0.15, 0.2) is 5.60 Å². The van der Waals surface area contributed by atoms with Gasteiger partial charge in [-0.25, -0.2) is 4.79 Å². The number of carboxylic acids is 1. The number of benzene rings is 2. The Bertz CT molecular complexity index is 801. The van der Waals surface area contributed by atoms with Gasteiger partial charge in [-0.2, -0.15) is 0 Å². The number of hydrogen-bond donors (Lipinski definition) is 3. The van der Waals surface area contributed by atoms with Crippen LogP contribution >= 0.6 is 0 Å². The van der Waals surface area contributed by atoms with Crippen LogP contribution < -0.4 is 10.1 Å². The predicted molar refractivity (Wildman–Crippen MR) is 99.3 cm³/mol. The topological polar surface area (TPSA) is 95.9 Å². The molecule has 0 aromatic heterocycles. The number of nitrogens with one attached hydrogen (secondary N) is 1. The Morgan fingerprint density at radius 3 is 2.44 bits per heavy atom. The van der Waals surface area contributed by atoms with E-state index in [9.17, 15) is 14.7 Å². The molecule has 0 spiro atoms. The van der Waals surface area contributed by atoms with Gasteiger partial charge in [-0.1, -0.05) is 42.5 Å². The Hall–Kier alpha value is -2.86. The van der Waals surface area contributed by atoms with Crippen molar-refractivity contribution in [2.75, 3.05) is 6.54 Å². The van der Waals surface area contributed by atoms with Gasteiger partial charge in [-0.3, -0.25) is 4.79 Å². The van der Waals surface area contributed by atoms with Gasteiger partial charge in [0.1, 0.15) is 12.4 Å². The molecule has 3 atom stereocenters. The molecular weight excluding hydrogens is 346 g/mol. The predicted octanol–water partition coefficient (Wildman–Crippen LogP) is 2.32. The summed E-state index contributed by atoms with van der Waals surface area (Å²) in [5, 5.41) is 21.0. The molecule has 0 saturated heterocycles. The lowest BCUT2D eigenvalue weighted by Crippen LogP contribution is -2.47. The van der Waals surface area contributed by atoms with Crippen molar-refractivity contribution in [2.24, 2.45) is 5.92 Å². The quantitative estimate of drug-likeness (QED) is 0.664. The number of rotatable bonds is 8. The monoisotopic (exact) mass is 369 g/mol. The standard InChI is InChI=1S/C21H23NO5/c1-21(26,20(24)25)13-22-19(23)18-11-17(18)15-7-9-16(10-8-15)27-12-14-5-3-2-4-6-14/h2-10,17-18,26H,11-13H2,1H3,(H,22,23)(H,24,25). The number of amides is 1. The summed E-state index contributed by atoms with van der Waals surface area (Å²) in [6.45, 7) is 1.35. The molecule has 1 aliphatic carbocycles. The number of ether oxygens (including phenoxy) is 1. The van der Waals surface area contributed by atoms with Gasteiger partial charge in [-0.15, -0.1) is 0 Å². The summed E-state index contributed by atoms with van der Waals surface area (Å²) in [6.07, 6.45) is 0.714. The van der Waals surface area contributed by atoms with E-state index in [1.165, 1.54) is 0 Å². The molecule has 3 N–H and O–H groups in total. The number of aliphatic hydroxyl groups is 1.